The molecule has 0 saturated carbocycles. The minimum atomic E-state index is -0.0973. The number of fused-ring (bicyclic) bond motifs is 1. The number of aromatic amines is 1. The molecule has 1 spiro atoms. The van der Waals surface area contributed by atoms with E-state index < -0.39 is 0 Å². The normalized spacial score (nSPS) is 22.0. The van der Waals surface area contributed by atoms with E-state index in [2.05, 4.69) is 15.5 Å². The van der Waals surface area contributed by atoms with Crippen LogP contribution in [0.3, 0.4) is 0 Å². The van der Waals surface area contributed by atoms with Crippen molar-refractivity contribution in [2.75, 3.05) is 26.2 Å². The fourth-order valence-corrected chi connectivity index (χ4v) is 5.29. The van der Waals surface area contributed by atoms with Crippen LogP contribution in [0.4, 0.5) is 0 Å². The Morgan fingerprint density at radius 3 is 2.79 bits per heavy atom. The quantitative estimate of drug-likeness (QED) is 0.738. The predicted octanol–water partition coefficient (Wildman–Crippen LogP) is 3.95. The lowest BCUT2D eigenvalue weighted by atomic mass is 9.75. The van der Waals surface area contributed by atoms with Gasteiger partial charge in [0.05, 0.1) is 17.9 Å². The molecule has 1 atom stereocenters. The minimum absolute atomic E-state index is 0.0694. The number of carbonyl (C=O) groups is 2. The molecule has 1 saturated heterocycles. The Balaban J connectivity index is 1.44. The largest absolute Gasteiger partial charge is 0.493 e. The third-order valence-corrected chi connectivity index (χ3v) is 7.25. The second-order valence-corrected chi connectivity index (χ2v) is 9.67. The van der Waals surface area contributed by atoms with Crippen molar-refractivity contribution in [1.82, 2.24) is 20.4 Å². The number of piperidine rings is 1. The molecule has 1 aromatic heterocycles. The maximum absolute atomic E-state index is 13.1. The van der Waals surface area contributed by atoms with Crippen molar-refractivity contribution in [1.29, 1.82) is 0 Å². The van der Waals surface area contributed by atoms with Crippen LogP contribution in [0.1, 0.15) is 72.3 Å². The summed E-state index contributed by atoms with van der Waals surface area (Å²) in [5.41, 5.74) is 3.68. The average molecular weight is 453 g/mol. The zero-order chi connectivity index (χ0) is 23.3. The Morgan fingerprint density at radius 1 is 1.15 bits per heavy atom. The Morgan fingerprint density at radius 2 is 1.97 bits per heavy atom. The van der Waals surface area contributed by atoms with Crippen molar-refractivity contribution in [3.05, 3.63) is 46.8 Å². The number of amides is 2. The molecule has 4 rings (SSSR count). The Labute approximate surface area is 196 Å². The third kappa shape index (κ3) is 5.57. The number of hydrogen-bond acceptors (Lipinski definition) is 4. The molecule has 3 heterocycles. The van der Waals surface area contributed by atoms with E-state index in [0.717, 1.165) is 62.0 Å². The fraction of sp³-hybridized carbons (Fsp3) is 0.577. The first kappa shape index (κ1) is 23.3. The zero-order valence-corrected chi connectivity index (χ0v) is 19.9. The molecule has 2 aromatic rings. The summed E-state index contributed by atoms with van der Waals surface area (Å²) in [5, 5.41) is 10.4. The Bertz CT molecular complexity index is 966. The second kappa shape index (κ2) is 10.4. The highest BCUT2D eigenvalue weighted by Crippen LogP contribution is 2.36. The number of carbonyl (C=O) groups excluding carboxylic acids is 2. The highest BCUT2D eigenvalue weighted by Gasteiger charge is 2.37. The number of aryl methyl sites for hydroxylation is 2. The summed E-state index contributed by atoms with van der Waals surface area (Å²) >= 11 is 0. The van der Waals surface area contributed by atoms with Gasteiger partial charge in [-0.15, -0.1) is 0 Å². The summed E-state index contributed by atoms with van der Waals surface area (Å²) in [7, 11) is 0. The van der Waals surface area contributed by atoms with E-state index >= 15 is 0 Å². The minimum Gasteiger partial charge on any atom is -0.493 e. The van der Waals surface area contributed by atoms with E-state index in [0.29, 0.717) is 43.9 Å². The molecule has 2 amide bonds. The van der Waals surface area contributed by atoms with Crippen LogP contribution in [0.2, 0.25) is 0 Å². The van der Waals surface area contributed by atoms with Crippen LogP contribution in [-0.4, -0.2) is 53.2 Å². The third-order valence-electron chi connectivity index (χ3n) is 7.25. The molecule has 2 aliphatic rings. The van der Waals surface area contributed by atoms with Gasteiger partial charge in [-0.05, 0) is 63.6 Å². The number of nitrogens with zero attached hydrogens (tertiary/aromatic N) is 2. The monoisotopic (exact) mass is 452 g/mol. The summed E-state index contributed by atoms with van der Waals surface area (Å²) in [4.78, 5) is 28.1. The van der Waals surface area contributed by atoms with Crippen molar-refractivity contribution in [2.24, 2.45) is 5.41 Å². The molecule has 0 bridgehead atoms. The molecule has 1 unspecified atom stereocenters. The highest BCUT2D eigenvalue weighted by molar-refractivity contribution is 5.96. The van der Waals surface area contributed by atoms with E-state index in [1.54, 1.807) is 0 Å². The van der Waals surface area contributed by atoms with Crippen molar-refractivity contribution >= 4 is 11.8 Å². The van der Waals surface area contributed by atoms with E-state index in [1.165, 1.54) is 0 Å². The number of aromatic nitrogens is 2. The molecule has 1 fully saturated rings. The lowest BCUT2D eigenvalue weighted by molar-refractivity contribution is -0.134. The molecule has 178 valence electrons. The molecule has 0 radical (unpaired) electrons. The summed E-state index contributed by atoms with van der Waals surface area (Å²) < 4.78 is 5.87. The van der Waals surface area contributed by atoms with Crippen molar-refractivity contribution in [3.8, 4) is 5.75 Å². The summed E-state index contributed by atoms with van der Waals surface area (Å²) in [5.74, 6) is 0.750. The van der Waals surface area contributed by atoms with Gasteiger partial charge in [0.1, 0.15) is 5.75 Å². The molecule has 33 heavy (non-hydrogen) atoms. The number of rotatable bonds is 3. The van der Waals surface area contributed by atoms with Crippen LogP contribution in [0.5, 0.6) is 5.75 Å². The fourth-order valence-electron chi connectivity index (χ4n) is 5.29. The predicted molar refractivity (Wildman–Crippen MR) is 127 cm³/mol. The van der Waals surface area contributed by atoms with Crippen LogP contribution in [0.25, 0.3) is 0 Å². The van der Waals surface area contributed by atoms with Crippen molar-refractivity contribution in [3.63, 3.8) is 0 Å². The number of hydrogen-bond donors (Lipinski definition) is 2. The molecular formula is C26H36N4O3. The standard InChI is InChI=1S/C26H36N4O3/c1-19-21(20(2)29-28-19)11-12-24(31)30-15-8-14-26(18-30)13-6-3-7-16-33-23-10-5-4-9-22(23)25(32)27-17-26/h4-5,9-10H,3,6-8,11-18H2,1-2H3,(H,27,32)(H,28,29). The van der Waals surface area contributed by atoms with Gasteiger partial charge in [-0.25, -0.2) is 0 Å². The van der Waals surface area contributed by atoms with Gasteiger partial charge in [0, 0.05) is 37.2 Å². The second-order valence-electron chi connectivity index (χ2n) is 9.67. The van der Waals surface area contributed by atoms with Crippen molar-refractivity contribution < 1.29 is 14.3 Å². The topological polar surface area (TPSA) is 87.3 Å². The summed E-state index contributed by atoms with van der Waals surface area (Å²) in [6.45, 7) is 6.71. The van der Waals surface area contributed by atoms with E-state index in [-0.39, 0.29) is 17.2 Å². The molecule has 7 heteroatoms. The first-order valence-corrected chi connectivity index (χ1v) is 12.3. The number of benzene rings is 1. The number of H-pyrrole nitrogens is 1. The number of nitrogens with one attached hydrogen (secondary N) is 2. The lowest BCUT2D eigenvalue weighted by Crippen LogP contribution is -2.51. The zero-order valence-electron chi connectivity index (χ0n) is 19.9. The van der Waals surface area contributed by atoms with Gasteiger partial charge in [-0.1, -0.05) is 25.0 Å². The molecule has 2 aliphatic heterocycles. The van der Waals surface area contributed by atoms with E-state index in [9.17, 15) is 9.59 Å². The molecule has 2 N–H and O–H groups in total. The van der Waals surface area contributed by atoms with Gasteiger partial charge in [0.2, 0.25) is 5.91 Å². The first-order valence-electron chi connectivity index (χ1n) is 12.3. The summed E-state index contributed by atoms with van der Waals surface area (Å²) in [6, 6.07) is 7.45. The number of ether oxygens (including phenoxy) is 1. The van der Waals surface area contributed by atoms with Crippen LogP contribution in [0.15, 0.2) is 24.3 Å². The van der Waals surface area contributed by atoms with Gasteiger partial charge in [-0.2, -0.15) is 5.10 Å². The van der Waals surface area contributed by atoms with Gasteiger partial charge in [-0.3, -0.25) is 14.7 Å². The molecule has 1 aromatic carbocycles. The molecule has 7 nitrogen and oxygen atoms in total. The summed E-state index contributed by atoms with van der Waals surface area (Å²) in [6.07, 6.45) is 7.37. The van der Waals surface area contributed by atoms with Crippen LogP contribution >= 0.6 is 0 Å². The number of likely N-dealkylation sites (tertiary alicyclic amines) is 1. The van der Waals surface area contributed by atoms with Crippen LogP contribution in [0, 0.1) is 19.3 Å². The smallest absolute Gasteiger partial charge is 0.255 e. The number of para-hydroxylation sites is 1. The molecular weight excluding hydrogens is 416 g/mol. The van der Waals surface area contributed by atoms with Gasteiger partial charge < -0.3 is 15.0 Å². The van der Waals surface area contributed by atoms with Crippen LogP contribution < -0.4 is 10.1 Å². The van der Waals surface area contributed by atoms with E-state index in [1.807, 2.05) is 43.0 Å². The first-order chi connectivity index (χ1) is 16.0. The SMILES string of the molecule is Cc1n[nH]c(C)c1CCC(=O)N1CCCC2(CCCCCOc3ccccc3C(=O)NC2)C1. The Hall–Kier alpha value is -2.83. The van der Waals surface area contributed by atoms with E-state index in [4.69, 9.17) is 4.74 Å². The molecule has 0 aliphatic carbocycles. The maximum atomic E-state index is 13.1. The van der Waals surface area contributed by atoms with Gasteiger partial charge in [0.25, 0.3) is 5.91 Å². The average Bonchev–Trinajstić information content (AvgIpc) is 3.15. The Kier molecular flexibility index (Phi) is 7.36. The van der Waals surface area contributed by atoms with Crippen LogP contribution in [-0.2, 0) is 11.2 Å². The van der Waals surface area contributed by atoms with Gasteiger partial charge in [0.15, 0.2) is 0 Å². The lowest BCUT2D eigenvalue weighted by Gasteiger charge is -2.43. The van der Waals surface area contributed by atoms with Gasteiger partial charge >= 0.3 is 0 Å². The highest BCUT2D eigenvalue weighted by atomic mass is 16.5. The maximum Gasteiger partial charge on any atom is 0.255 e. The van der Waals surface area contributed by atoms with Crippen molar-refractivity contribution in [2.45, 2.75) is 65.2 Å².